The van der Waals surface area contributed by atoms with Gasteiger partial charge in [-0.15, -0.1) is 0 Å². The predicted octanol–water partition coefficient (Wildman–Crippen LogP) is 2.69. The maximum atomic E-state index is 4.55. The van der Waals surface area contributed by atoms with Gasteiger partial charge in [-0.1, -0.05) is 20.3 Å². The minimum absolute atomic E-state index is 1.06. The molecule has 2 heteroatoms. The average molecular weight is 182 g/mol. The van der Waals surface area contributed by atoms with Crippen molar-refractivity contribution >= 4 is 5.84 Å². The molecule has 0 aromatic heterocycles. The molecule has 0 spiro atoms. The van der Waals surface area contributed by atoms with Gasteiger partial charge < -0.3 is 4.90 Å². The quantitative estimate of drug-likeness (QED) is 0.638. The molecule has 1 rings (SSSR count). The zero-order valence-electron chi connectivity index (χ0n) is 9.05. The summed E-state index contributed by atoms with van der Waals surface area (Å²) in [7, 11) is 0. The highest BCUT2D eigenvalue weighted by Crippen LogP contribution is 2.10. The van der Waals surface area contributed by atoms with E-state index in [0.717, 1.165) is 6.54 Å². The third-order valence-electron chi connectivity index (χ3n) is 2.49. The van der Waals surface area contributed by atoms with E-state index in [-0.39, 0.29) is 0 Å². The highest BCUT2D eigenvalue weighted by Gasteiger charge is 2.12. The van der Waals surface area contributed by atoms with E-state index in [9.17, 15) is 0 Å². The molecule has 0 fully saturated rings. The number of rotatable bonds is 5. The molecule has 1 aliphatic rings. The Labute approximate surface area is 82.0 Å². The number of hydrogen-bond acceptors (Lipinski definition) is 2. The van der Waals surface area contributed by atoms with Gasteiger partial charge in [0.2, 0.25) is 0 Å². The lowest BCUT2D eigenvalue weighted by atomic mass is 10.2. The highest BCUT2D eigenvalue weighted by atomic mass is 15.2. The van der Waals surface area contributed by atoms with Gasteiger partial charge in [-0.25, -0.2) is 0 Å². The summed E-state index contributed by atoms with van der Waals surface area (Å²) < 4.78 is 0. The lowest BCUT2D eigenvalue weighted by molar-refractivity contribution is 0.402. The fourth-order valence-electron chi connectivity index (χ4n) is 1.77. The second-order valence-corrected chi connectivity index (χ2v) is 3.74. The first kappa shape index (κ1) is 10.6. The van der Waals surface area contributed by atoms with Crippen molar-refractivity contribution in [3.05, 3.63) is 0 Å². The van der Waals surface area contributed by atoms with Crippen LogP contribution in [0.15, 0.2) is 4.99 Å². The van der Waals surface area contributed by atoms with Crippen LogP contribution < -0.4 is 0 Å². The lowest BCUT2D eigenvalue weighted by Crippen LogP contribution is -2.31. The Balaban J connectivity index is 2.36. The topological polar surface area (TPSA) is 15.6 Å². The zero-order chi connectivity index (χ0) is 9.52. The molecule has 0 unspecified atom stereocenters. The first-order valence-corrected chi connectivity index (χ1v) is 5.66. The van der Waals surface area contributed by atoms with E-state index in [1.165, 1.54) is 51.0 Å². The molecule has 2 nitrogen and oxygen atoms in total. The fraction of sp³-hybridized carbons (Fsp3) is 0.909. The van der Waals surface area contributed by atoms with Gasteiger partial charge in [0.25, 0.3) is 0 Å². The van der Waals surface area contributed by atoms with E-state index in [1.807, 2.05) is 0 Å². The normalized spacial score (nSPS) is 16.0. The average Bonchev–Trinajstić information content (AvgIpc) is 2.65. The standard InChI is InChI=1S/C11H22N2/c1-3-5-10-13(9-4-2)11-7-6-8-12-11/h3-10H2,1-2H3. The molecule has 0 saturated carbocycles. The summed E-state index contributed by atoms with van der Waals surface area (Å²) in [6.07, 6.45) is 6.31. The van der Waals surface area contributed by atoms with Crippen LogP contribution in [0.1, 0.15) is 46.0 Å². The highest BCUT2D eigenvalue weighted by molar-refractivity contribution is 5.83. The molecule has 0 atom stereocenters. The molecule has 76 valence electrons. The molecule has 0 aliphatic carbocycles. The molecule has 0 amide bonds. The van der Waals surface area contributed by atoms with E-state index in [2.05, 4.69) is 23.7 Å². The van der Waals surface area contributed by atoms with Gasteiger partial charge >= 0.3 is 0 Å². The van der Waals surface area contributed by atoms with Crippen molar-refractivity contribution in [1.29, 1.82) is 0 Å². The summed E-state index contributed by atoms with van der Waals surface area (Å²) in [5.74, 6) is 1.37. The second kappa shape index (κ2) is 6.01. The van der Waals surface area contributed by atoms with Gasteiger partial charge in [0, 0.05) is 26.1 Å². The third-order valence-corrected chi connectivity index (χ3v) is 2.49. The maximum Gasteiger partial charge on any atom is 0.0989 e. The van der Waals surface area contributed by atoms with E-state index in [4.69, 9.17) is 0 Å². The van der Waals surface area contributed by atoms with Crippen LogP contribution in [0.3, 0.4) is 0 Å². The molecule has 0 N–H and O–H groups in total. The first-order chi connectivity index (χ1) is 6.38. The molecule has 0 aromatic carbocycles. The second-order valence-electron chi connectivity index (χ2n) is 3.74. The Kier molecular flexibility index (Phi) is 4.87. The Morgan fingerprint density at radius 1 is 1.23 bits per heavy atom. The first-order valence-electron chi connectivity index (χ1n) is 5.66. The van der Waals surface area contributed by atoms with Crippen LogP contribution in [-0.4, -0.2) is 30.4 Å². The molecular formula is C11H22N2. The van der Waals surface area contributed by atoms with E-state index >= 15 is 0 Å². The molecule has 0 aromatic rings. The van der Waals surface area contributed by atoms with E-state index < -0.39 is 0 Å². The van der Waals surface area contributed by atoms with Gasteiger partial charge in [-0.05, 0) is 19.3 Å². The van der Waals surface area contributed by atoms with Crippen LogP contribution in [0.4, 0.5) is 0 Å². The fourth-order valence-corrected chi connectivity index (χ4v) is 1.77. The van der Waals surface area contributed by atoms with Crippen LogP contribution >= 0.6 is 0 Å². The summed E-state index contributed by atoms with van der Waals surface area (Å²) in [6.45, 7) is 7.96. The van der Waals surface area contributed by atoms with Crippen molar-refractivity contribution in [1.82, 2.24) is 4.90 Å². The largest absolute Gasteiger partial charge is 0.360 e. The monoisotopic (exact) mass is 182 g/mol. The van der Waals surface area contributed by atoms with Crippen molar-refractivity contribution in [2.45, 2.75) is 46.0 Å². The van der Waals surface area contributed by atoms with E-state index in [0.29, 0.717) is 0 Å². The minimum atomic E-state index is 1.06. The lowest BCUT2D eigenvalue weighted by Gasteiger charge is -2.23. The number of amidine groups is 1. The molecule has 1 heterocycles. The van der Waals surface area contributed by atoms with Crippen LogP contribution in [0.25, 0.3) is 0 Å². The summed E-state index contributed by atoms with van der Waals surface area (Å²) >= 11 is 0. The SMILES string of the molecule is CCCCN(CCC)C1=NCCC1. The molecule has 1 aliphatic heterocycles. The summed E-state index contributed by atoms with van der Waals surface area (Å²) in [5, 5.41) is 0. The Bertz CT molecular complexity index is 163. The Hall–Kier alpha value is -0.530. The van der Waals surface area contributed by atoms with E-state index in [1.54, 1.807) is 0 Å². The molecule has 13 heavy (non-hydrogen) atoms. The van der Waals surface area contributed by atoms with Crippen LogP contribution in [0.5, 0.6) is 0 Å². The molecular weight excluding hydrogens is 160 g/mol. The van der Waals surface area contributed by atoms with Crippen molar-refractivity contribution in [2.24, 2.45) is 4.99 Å². The van der Waals surface area contributed by atoms with Gasteiger partial charge in [0.1, 0.15) is 0 Å². The summed E-state index contributed by atoms with van der Waals surface area (Å²) in [4.78, 5) is 7.03. The van der Waals surface area contributed by atoms with Gasteiger partial charge in [0.15, 0.2) is 0 Å². The summed E-state index contributed by atoms with van der Waals surface area (Å²) in [5.41, 5.74) is 0. The third kappa shape index (κ3) is 3.37. The number of nitrogens with zero attached hydrogens (tertiary/aromatic N) is 2. The molecule has 0 saturated heterocycles. The predicted molar refractivity (Wildman–Crippen MR) is 58.3 cm³/mol. The van der Waals surface area contributed by atoms with Crippen molar-refractivity contribution in [3.8, 4) is 0 Å². The molecule has 0 bridgehead atoms. The van der Waals surface area contributed by atoms with Crippen molar-refractivity contribution in [3.63, 3.8) is 0 Å². The minimum Gasteiger partial charge on any atom is -0.360 e. The van der Waals surface area contributed by atoms with Crippen LogP contribution in [-0.2, 0) is 0 Å². The Morgan fingerprint density at radius 2 is 2.08 bits per heavy atom. The number of aliphatic imine (C=N–C) groups is 1. The van der Waals surface area contributed by atoms with Gasteiger partial charge in [0.05, 0.1) is 5.84 Å². The zero-order valence-corrected chi connectivity index (χ0v) is 9.05. The van der Waals surface area contributed by atoms with Gasteiger partial charge in [-0.2, -0.15) is 0 Å². The molecule has 0 radical (unpaired) electrons. The Morgan fingerprint density at radius 3 is 2.62 bits per heavy atom. The van der Waals surface area contributed by atoms with Crippen molar-refractivity contribution < 1.29 is 0 Å². The van der Waals surface area contributed by atoms with Crippen molar-refractivity contribution in [2.75, 3.05) is 19.6 Å². The maximum absolute atomic E-state index is 4.55. The summed E-state index contributed by atoms with van der Waals surface area (Å²) in [6, 6.07) is 0. The smallest absolute Gasteiger partial charge is 0.0989 e. The van der Waals surface area contributed by atoms with Gasteiger partial charge in [-0.3, -0.25) is 4.99 Å². The number of unbranched alkanes of at least 4 members (excludes halogenated alkanes) is 1. The van der Waals surface area contributed by atoms with Crippen LogP contribution in [0, 0.1) is 0 Å². The van der Waals surface area contributed by atoms with Crippen LogP contribution in [0.2, 0.25) is 0 Å². The number of hydrogen-bond donors (Lipinski definition) is 0.